The molecule has 0 fully saturated rings. The van der Waals surface area contributed by atoms with Gasteiger partial charge in [0.1, 0.15) is 23.7 Å². The van der Waals surface area contributed by atoms with E-state index in [1.165, 1.54) is 18.2 Å². The second-order valence-electron chi connectivity index (χ2n) is 5.89. The van der Waals surface area contributed by atoms with Crippen LogP contribution in [0.25, 0.3) is 17.0 Å². The highest BCUT2D eigenvalue weighted by atomic mass is 16.5. The highest BCUT2D eigenvalue weighted by molar-refractivity contribution is 5.88. The van der Waals surface area contributed by atoms with Crippen molar-refractivity contribution >= 4 is 23.0 Å². The maximum Gasteiger partial charge on any atom is 0.336 e. The highest BCUT2D eigenvalue weighted by Crippen LogP contribution is 2.27. The lowest BCUT2D eigenvalue weighted by molar-refractivity contribution is -0.138. The van der Waals surface area contributed by atoms with Crippen LogP contribution < -0.4 is 10.4 Å². The van der Waals surface area contributed by atoms with Gasteiger partial charge in [0.2, 0.25) is 0 Å². The molecule has 0 aliphatic rings. The summed E-state index contributed by atoms with van der Waals surface area (Å²) in [6, 6.07) is 11.6. The Labute approximate surface area is 155 Å². The van der Waals surface area contributed by atoms with Gasteiger partial charge in [-0.05, 0) is 42.8 Å². The fraction of sp³-hybridized carbons (Fsp3) is 0.143. The number of carbonyl (C=O) groups excluding carboxylic acids is 1. The molecule has 1 heterocycles. The van der Waals surface area contributed by atoms with Crippen LogP contribution in [0.2, 0.25) is 0 Å². The van der Waals surface area contributed by atoms with E-state index in [0.717, 1.165) is 11.3 Å². The molecule has 0 aliphatic carbocycles. The van der Waals surface area contributed by atoms with Gasteiger partial charge in [-0.25, -0.2) is 9.59 Å². The summed E-state index contributed by atoms with van der Waals surface area (Å²) in [6.07, 6.45) is 2.94. The number of ether oxygens (including phenoxy) is 2. The van der Waals surface area contributed by atoms with E-state index < -0.39 is 11.6 Å². The number of aromatic hydroxyl groups is 1. The molecule has 1 aromatic heterocycles. The van der Waals surface area contributed by atoms with Crippen molar-refractivity contribution in [2.75, 3.05) is 7.11 Å². The Balaban J connectivity index is 1.74. The molecule has 0 aliphatic heterocycles. The number of hydrogen-bond acceptors (Lipinski definition) is 6. The van der Waals surface area contributed by atoms with Crippen LogP contribution in [-0.2, 0) is 16.1 Å². The minimum absolute atomic E-state index is 0.0298. The van der Waals surface area contributed by atoms with Crippen LogP contribution in [0, 0.1) is 6.92 Å². The third-order valence-corrected chi connectivity index (χ3v) is 4.12. The molecule has 6 heteroatoms. The van der Waals surface area contributed by atoms with Gasteiger partial charge in [0.15, 0.2) is 0 Å². The number of hydrogen-bond donors (Lipinski definition) is 1. The smallest absolute Gasteiger partial charge is 0.336 e. The van der Waals surface area contributed by atoms with Gasteiger partial charge in [0.05, 0.1) is 7.11 Å². The molecule has 0 spiro atoms. The zero-order chi connectivity index (χ0) is 19.4. The molecule has 0 bridgehead atoms. The van der Waals surface area contributed by atoms with Crippen molar-refractivity contribution in [3.8, 4) is 11.5 Å². The predicted octanol–water partition coefficient (Wildman–Crippen LogP) is 3.57. The molecule has 6 nitrogen and oxygen atoms in total. The van der Waals surface area contributed by atoms with Crippen LogP contribution in [0.4, 0.5) is 0 Å². The zero-order valence-electron chi connectivity index (χ0n) is 14.9. The number of phenols is 1. The van der Waals surface area contributed by atoms with Gasteiger partial charge < -0.3 is 19.0 Å². The first-order chi connectivity index (χ1) is 13.0. The summed E-state index contributed by atoms with van der Waals surface area (Å²) in [6.45, 7) is 1.56. The lowest BCUT2D eigenvalue weighted by Gasteiger charge is -2.08. The third kappa shape index (κ3) is 4.17. The average molecular weight is 366 g/mol. The SMILES string of the molecule is COc1ccc(/C=C/C(=O)OCc2cc(=O)oc3c(C)c(O)ccc23)cc1. The summed E-state index contributed by atoms with van der Waals surface area (Å²) < 4.78 is 15.5. The first-order valence-corrected chi connectivity index (χ1v) is 8.22. The van der Waals surface area contributed by atoms with Gasteiger partial charge >= 0.3 is 11.6 Å². The van der Waals surface area contributed by atoms with Gasteiger partial charge in [-0.15, -0.1) is 0 Å². The molecule has 0 saturated heterocycles. The number of benzene rings is 2. The number of carbonyl (C=O) groups is 1. The predicted molar refractivity (Wildman–Crippen MR) is 101 cm³/mol. The monoisotopic (exact) mass is 366 g/mol. The maximum absolute atomic E-state index is 12.0. The Bertz CT molecular complexity index is 1060. The van der Waals surface area contributed by atoms with E-state index in [-0.39, 0.29) is 17.9 Å². The number of phenolic OH excluding ortho intramolecular Hbond substituents is 1. The second-order valence-corrected chi connectivity index (χ2v) is 5.89. The van der Waals surface area contributed by atoms with Crippen molar-refractivity contribution in [3.05, 3.63) is 75.7 Å². The fourth-order valence-electron chi connectivity index (χ4n) is 2.61. The van der Waals surface area contributed by atoms with Crippen molar-refractivity contribution < 1.29 is 23.8 Å². The van der Waals surface area contributed by atoms with Gasteiger partial charge in [0, 0.05) is 28.7 Å². The Morgan fingerprint density at radius 1 is 1.19 bits per heavy atom. The molecule has 3 aromatic rings. The maximum atomic E-state index is 12.0. The standard InChI is InChI=1S/C21H18O6/c1-13-18(22)9-8-17-15(11-20(24)27-21(13)17)12-26-19(23)10-5-14-3-6-16(25-2)7-4-14/h3-11,22H,12H2,1-2H3/b10-5+. The van der Waals surface area contributed by atoms with Gasteiger partial charge in [-0.1, -0.05) is 12.1 Å². The Kier molecular flexibility index (Phi) is 5.26. The lowest BCUT2D eigenvalue weighted by atomic mass is 10.1. The van der Waals surface area contributed by atoms with E-state index in [1.54, 1.807) is 38.3 Å². The van der Waals surface area contributed by atoms with Crippen molar-refractivity contribution in [1.82, 2.24) is 0 Å². The minimum Gasteiger partial charge on any atom is -0.508 e. The van der Waals surface area contributed by atoms with Crippen LogP contribution in [0.1, 0.15) is 16.7 Å². The van der Waals surface area contributed by atoms with E-state index in [9.17, 15) is 14.7 Å². The average Bonchev–Trinajstić information content (AvgIpc) is 2.68. The summed E-state index contributed by atoms with van der Waals surface area (Å²) in [4.78, 5) is 23.7. The first kappa shape index (κ1) is 18.3. The molecular weight excluding hydrogens is 348 g/mol. The molecule has 0 atom stereocenters. The van der Waals surface area contributed by atoms with Crippen LogP contribution in [0.15, 0.2) is 57.8 Å². The van der Waals surface area contributed by atoms with E-state index in [2.05, 4.69) is 0 Å². The molecule has 0 radical (unpaired) electrons. The molecule has 0 amide bonds. The van der Waals surface area contributed by atoms with Crippen LogP contribution >= 0.6 is 0 Å². The number of esters is 1. The van der Waals surface area contributed by atoms with Crippen molar-refractivity contribution in [2.24, 2.45) is 0 Å². The molecule has 27 heavy (non-hydrogen) atoms. The second kappa shape index (κ2) is 7.78. The van der Waals surface area contributed by atoms with Crippen molar-refractivity contribution in [3.63, 3.8) is 0 Å². The zero-order valence-corrected chi connectivity index (χ0v) is 14.9. The van der Waals surface area contributed by atoms with Gasteiger partial charge in [-0.3, -0.25) is 0 Å². The number of aryl methyl sites for hydroxylation is 1. The first-order valence-electron chi connectivity index (χ1n) is 8.22. The lowest BCUT2D eigenvalue weighted by Crippen LogP contribution is -2.06. The Hall–Kier alpha value is -3.54. The molecule has 0 unspecified atom stereocenters. The van der Waals surface area contributed by atoms with E-state index in [0.29, 0.717) is 16.5 Å². The summed E-state index contributed by atoms with van der Waals surface area (Å²) in [7, 11) is 1.58. The highest BCUT2D eigenvalue weighted by Gasteiger charge is 2.11. The fourth-order valence-corrected chi connectivity index (χ4v) is 2.61. The molecule has 2 aromatic carbocycles. The van der Waals surface area contributed by atoms with Crippen LogP contribution in [0.5, 0.6) is 11.5 Å². The number of methoxy groups -OCH3 is 1. The van der Waals surface area contributed by atoms with Crippen LogP contribution in [0.3, 0.4) is 0 Å². The number of fused-ring (bicyclic) bond motifs is 1. The summed E-state index contributed by atoms with van der Waals surface area (Å²) in [5, 5.41) is 10.4. The van der Waals surface area contributed by atoms with Crippen LogP contribution in [-0.4, -0.2) is 18.2 Å². The Morgan fingerprint density at radius 3 is 2.63 bits per heavy atom. The molecule has 1 N–H and O–H groups in total. The van der Waals surface area contributed by atoms with Gasteiger partial charge in [0.25, 0.3) is 0 Å². The summed E-state index contributed by atoms with van der Waals surface area (Å²) in [5.41, 5.74) is 1.50. The minimum atomic E-state index is -0.573. The normalized spacial score (nSPS) is 11.0. The molecular formula is C21H18O6. The number of rotatable bonds is 5. The topological polar surface area (TPSA) is 86.0 Å². The van der Waals surface area contributed by atoms with E-state index in [4.69, 9.17) is 13.9 Å². The van der Waals surface area contributed by atoms with Crippen molar-refractivity contribution in [2.45, 2.75) is 13.5 Å². The van der Waals surface area contributed by atoms with Crippen molar-refractivity contribution in [1.29, 1.82) is 0 Å². The van der Waals surface area contributed by atoms with Gasteiger partial charge in [-0.2, -0.15) is 0 Å². The largest absolute Gasteiger partial charge is 0.508 e. The summed E-state index contributed by atoms with van der Waals surface area (Å²) >= 11 is 0. The quantitative estimate of drug-likeness (QED) is 0.422. The molecule has 0 saturated carbocycles. The molecule has 3 rings (SSSR count). The Morgan fingerprint density at radius 2 is 1.93 bits per heavy atom. The third-order valence-electron chi connectivity index (χ3n) is 4.12. The molecule has 138 valence electrons. The van der Waals surface area contributed by atoms with E-state index in [1.807, 2.05) is 12.1 Å². The summed E-state index contributed by atoms with van der Waals surface area (Å²) in [5.74, 6) is 0.218. The van der Waals surface area contributed by atoms with E-state index >= 15 is 0 Å².